The van der Waals surface area contributed by atoms with Gasteiger partial charge in [0.1, 0.15) is 0 Å². The maximum Gasteiger partial charge on any atom is 0.0794 e. The third-order valence-corrected chi connectivity index (χ3v) is 20.1. The number of benzene rings is 16. The Bertz CT molecular complexity index is 6640. The van der Waals surface area contributed by atoms with Crippen molar-refractivity contribution in [3.05, 3.63) is 364 Å². The molecule has 100 heavy (non-hydrogen) atoms. The topological polar surface area (TPSA) is 51.6 Å². The van der Waals surface area contributed by atoms with Gasteiger partial charge in [-0.2, -0.15) is 0 Å². The van der Waals surface area contributed by atoms with Gasteiger partial charge in [0.25, 0.3) is 0 Å². The molecule has 20 aromatic rings. The number of hydrogen-bond acceptors (Lipinski definition) is 4. The molecule has 4 aromatic heterocycles. The van der Waals surface area contributed by atoms with E-state index in [-0.39, 0.29) is 0 Å². The van der Waals surface area contributed by atoms with Crippen LogP contribution in [0.5, 0.6) is 0 Å². The maximum atomic E-state index is 5.44. The Balaban J connectivity index is 0.000000139. The fourth-order valence-corrected chi connectivity index (χ4v) is 15.0. The molecule has 16 aromatic carbocycles. The smallest absolute Gasteiger partial charge is 0.0794 e. The van der Waals surface area contributed by atoms with E-state index in [1.54, 1.807) is 0 Å². The summed E-state index contributed by atoms with van der Waals surface area (Å²) in [6.45, 7) is 0. The number of nitrogens with zero attached hydrogens (tertiary/aromatic N) is 4. The predicted molar refractivity (Wildman–Crippen MR) is 423 cm³/mol. The number of fused-ring (bicyclic) bond motifs is 12. The minimum Gasteiger partial charge on any atom is -0.256 e. The summed E-state index contributed by atoms with van der Waals surface area (Å²) < 4.78 is 0. The second-order valence-electron chi connectivity index (χ2n) is 26.0. The Morgan fingerprint density at radius 3 is 1.01 bits per heavy atom. The van der Waals surface area contributed by atoms with E-state index in [9.17, 15) is 0 Å². The van der Waals surface area contributed by atoms with Crippen LogP contribution in [-0.4, -0.2) is 19.9 Å². The number of rotatable bonds is 8. The van der Waals surface area contributed by atoms with E-state index in [0.717, 1.165) is 121 Å². The van der Waals surface area contributed by atoms with Gasteiger partial charge in [0, 0.05) is 67.0 Å². The molecule has 4 heteroatoms. The summed E-state index contributed by atoms with van der Waals surface area (Å²) in [6.07, 6.45) is 3.84. The van der Waals surface area contributed by atoms with Gasteiger partial charge in [-0.1, -0.05) is 285 Å². The first-order chi connectivity index (χ1) is 49.5. The quantitative estimate of drug-likeness (QED) is 0.142. The maximum absolute atomic E-state index is 5.44. The van der Waals surface area contributed by atoms with Crippen LogP contribution in [0.2, 0.25) is 0 Å². The molecule has 4 nitrogen and oxygen atoms in total. The number of pyridine rings is 4. The SMILES string of the molecule is c1ccc2cc(-c3cc(-c4ccc(-c5cccc6cccnc56)cc4)c4cc(-c5ccc6ccccc6c5)c5ccccc5c4n3)ccc2c1.c1ccc2cc(-c3cc(-c4ccc(-c5cnc6ccccc6c5)cc4)c4cc(-c5ccc6ccccc6c5)c5ccccc5c4n3)ccc2c1. The van der Waals surface area contributed by atoms with Gasteiger partial charge in [-0.15, -0.1) is 0 Å². The van der Waals surface area contributed by atoms with Gasteiger partial charge in [0.05, 0.1) is 33.5 Å². The van der Waals surface area contributed by atoms with E-state index in [4.69, 9.17) is 19.9 Å². The fourth-order valence-electron chi connectivity index (χ4n) is 15.0. The summed E-state index contributed by atoms with van der Waals surface area (Å²) in [5, 5.41) is 19.1. The number of aromatic nitrogens is 4. The van der Waals surface area contributed by atoms with E-state index in [1.807, 2.05) is 24.5 Å². The molecular formula is C96H60N4. The standard InChI is InChI=1S/2C48H30N2/c1-3-11-35-25-37(23-19-31(35)9-1)43-28-45-44(34-21-17-33(18-22-34)40-27-38-13-5-8-16-46(38)49-30-40)29-47(50-48(45)42-15-7-6-14-41(42)43)39-24-20-32-10-2-4-12-36(32)26-39;1-3-11-36-27-38(24-18-31(36)9-1)43-29-45-44(34-22-20-33(21-23-34)40-17-7-13-35-14-8-26-49-47(35)40)30-46(50-48(45)42-16-6-5-15-41(42)43)39-25-19-32-10-2-4-12-37(32)28-39/h2*1-30H. The van der Waals surface area contributed by atoms with Crippen LogP contribution in [0, 0.1) is 0 Å². The third-order valence-electron chi connectivity index (χ3n) is 20.1. The van der Waals surface area contributed by atoms with Crippen molar-refractivity contribution >= 4 is 108 Å². The average molecular weight is 1270 g/mol. The Kier molecular flexibility index (Phi) is 14.2. The van der Waals surface area contributed by atoms with Crippen molar-refractivity contribution in [3.8, 4) is 89.3 Å². The molecule has 0 aliphatic heterocycles. The molecule has 0 fully saturated rings. The van der Waals surface area contributed by atoms with Crippen LogP contribution in [0.1, 0.15) is 0 Å². The van der Waals surface area contributed by atoms with Crippen molar-refractivity contribution in [3.63, 3.8) is 0 Å². The van der Waals surface area contributed by atoms with Crippen LogP contribution < -0.4 is 0 Å². The number of para-hydroxylation sites is 2. The summed E-state index contributed by atoms with van der Waals surface area (Å²) in [4.78, 5) is 20.3. The zero-order chi connectivity index (χ0) is 66.0. The summed E-state index contributed by atoms with van der Waals surface area (Å²) in [5.74, 6) is 0. The van der Waals surface area contributed by atoms with Crippen molar-refractivity contribution < 1.29 is 0 Å². The Hall–Kier alpha value is -13.3. The van der Waals surface area contributed by atoms with Crippen LogP contribution in [0.4, 0.5) is 0 Å². The van der Waals surface area contributed by atoms with E-state index in [0.29, 0.717) is 0 Å². The molecule has 0 atom stereocenters. The average Bonchev–Trinajstić information content (AvgIpc) is 0.742. The highest BCUT2D eigenvalue weighted by atomic mass is 14.7. The van der Waals surface area contributed by atoms with Gasteiger partial charge in [0.15, 0.2) is 0 Å². The molecule has 0 aliphatic carbocycles. The molecule has 0 N–H and O–H groups in total. The molecule has 0 saturated carbocycles. The van der Waals surface area contributed by atoms with Crippen LogP contribution in [0.15, 0.2) is 364 Å². The van der Waals surface area contributed by atoms with Gasteiger partial charge in [0.2, 0.25) is 0 Å². The van der Waals surface area contributed by atoms with E-state index >= 15 is 0 Å². The lowest BCUT2D eigenvalue weighted by molar-refractivity contribution is 1.40. The minimum absolute atomic E-state index is 0.962. The monoisotopic (exact) mass is 1270 g/mol. The van der Waals surface area contributed by atoms with Gasteiger partial charge in [-0.3, -0.25) is 9.97 Å². The molecule has 0 unspecified atom stereocenters. The second-order valence-corrected chi connectivity index (χ2v) is 26.0. The lowest BCUT2D eigenvalue weighted by atomic mass is 9.90. The largest absolute Gasteiger partial charge is 0.256 e. The van der Waals surface area contributed by atoms with Crippen molar-refractivity contribution in [2.45, 2.75) is 0 Å². The van der Waals surface area contributed by atoms with Crippen molar-refractivity contribution in [2.24, 2.45) is 0 Å². The highest BCUT2D eigenvalue weighted by Crippen LogP contribution is 2.45. The first kappa shape index (κ1) is 58.1. The third kappa shape index (κ3) is 10.5. The van der Waals surface area contributed by atoms with E-state index < -0.39 is 0 Å². The zero-order valence-corrected chi connectivity index (χ0v) is 54.4. The predicted octanol–water partition coefficient (Wildman–Crippen LogP) is 25.8. The fraction of sp³-hybridized carbons (Fsp3) is 0. The normalized spacial score (nSPS) is 11.6. The molecule has 464 valence electrons. The first-order valence-electron chi connectivity index (χ1n) is 34.1. The Morgan fingerprint density at radius 1 is 0.170 bits per heavy atom. The summed E-state index contributed by atoms with van der Waals surface area (Å²) in [7, 11) is 0. The number of hydrogen-bond donors (Lipinski definition) is 0. The molecular weight excluding hydrogens is 1210 g/mol. The zero-order valence-electron chi connectivity index (χ0n) is 54.4. The Labute approximate surface area is 578 Å². The molecule has 0 spiro atoms. The molecule has 0 aliphatic rings. The molecule has 0 radical (unpaired) electrons. The molecule has 0 saturated heterocycles. The van der Waals surface area contributed by atoms with Crippen LogP contribution >= 0.6 is 0 Å². The van der Waals surface area contributed by atoms with Crippen molar-refractivity contribution in [1.29, 1.82) is 0 Å². The van der Waals surface area contributed by atoms with Crippen molar-refractivity contribution in [1.82, 2.24) is 19.9 Å². The van der Waals surface area contributed by atoms with Crippen LogP contribution in [0.25, 0.3) is 198 Å². The molecule has 4 heterocycles. The molecule has 0 amide bonds. The molecule has 0 bridgehead atoms. The lowest BCUT2D eigenvalue weighted by Crippen LogP contribution is -1.94. The summed E-state index contributed by atoms with van der Waals surface area (Å²) >= 11 is 0. The molecule has 20 rings (SSSR count). The van der Waals surface area contributed by atoms with Crippen LogP contribution in [0.3, 0.4) is 0 Å². The van der Waals surface area contributed by atoms with Gasteiger partial charge in [-0.05, 0) is 176 Å². The summed E-state index contributed by atoms with van der Waals surface area (Å²) in [6, 6.07) is 127. The van der Waals surface area contributed by atoms with Crippen LogP contribution in [-0.2, 0) is 0 Å². The Morgan fingerprint density at radius 2 is 0.520 bits per heavy atom. The van der Waals surface area contributed by atoms with Gasteiger partial charge >= 0.3 is 0 Å². The first-order valence-corrected chi connectivity index (χ1v) is 34.1. The summed E-state index contributed by atoms with van der Waals surface area (Å²) in [5.41, 5.74) is 22.1. The highest BCUT2D eigenvalue weighted by molar-refractivity contribution is 6.18. The van der Waals surface area contributed by atoms with E-state index in [1.165, 1.54) is 76.1 Å². The van der Waals surface area contributed by atoms with Crippen molar-refractivity contribution in [2.75, 3.05) is 0 Å². The lowest BCUT2D eigenvalue weighted by Gasteiger charge is -2.16. The van der Waals surface area contributed by atoms with Gasteiger partial charge in [-0.25, -0.2) is 9.97 Å². The second kappa shape index (κ2) is 24.4. The minimum atomic E-state index is 0.962. The van der Waals surface area contributed by atoms with Gasteiger partial charge < -0.3 is 0 Å². The highest BCUT2D eigenvalue weighted by Gasteiger charge is 2.20. The van der Waals surface area contributed by atoms with E-state index in [2.05, 4.69) is 340 Å².